The molecular weight excluding hydrogens is 132 g/mol. The Balaban J connectivity index is 3.68. The summed E-state index contributed by atoms with van der Waals surface area (Å²) in [7, 11) is 0. The average Bonchev–Trinajstić information content (AvgIpc) is 2.03. The average molecular weight is 154 g/mol. The van der Waals surface area contributed by atoms with Crippen molar-refractivity contribution in [1.82, 2.24) is 0 Å². The van der Waals surface area contributed by atoms with Crippen molar-refractivity contribution in [2.75, 3.05) is 0 Å². The summed E-state index contributed by atoms with van der Waals surface area (Å²) >= 11 is 0. The molecule has 1 unspecified atom stereocenters. The van der Waals surface area contributed by atoms with Gasteiger partial charge in [-0.3, -0.25) is 0 Å². The van der Waals surface area contributed by atoms with Gasteiger partial charge in [0, 0.05) is 0 Å². The van der Waals surface area contributed by atoms with Gasteiger partial charge in [0.1, 0.15) is 0 Å². The van der Waals surface area contributed by atoms with E-state index in [1.54, 1.807) is 0 Å². The normalized spacial score (nSPS) is 14.6. The monoisotopic (exact) mass is 154 g/mol. The summed E-state index contributed by atoms with van der Waals surface area (Å²) in [5.41, 5.74) is 0. The molecule has 0 aromatic rings. The highest BCUT2D eigenvalue weighted by molar-refractivity contribution is 4.80. The lowest BCUT2D eigenvalue weighted by Gasteiger charge is -2.19. The predicted octanol–water partition coefficient (Wildman–Crippen LogP) is 4.02. The molecule has 0 amide bonds. The van der Waals surface area contributed by atoms with Gasteiger partial charge >= 0.3 is 0 Å². The summed E-state index contributed by atoms with van der Waals surface area (Å²) in [5.74, 6) is 1.78. The van der Waals surface area contributed by atoms with Gasteiger partial charge in [0.05, 0.1) is 0 Å². The van der Waals surface area contributed by atoms with E-state index in [0.29, 0.717) is 0 Å². The van der Waals surface area contributed by atoms with Gasteiger partial charge in [-0.05, 0) is 25.2 Å². The molecule has 0 fully saturated rings. The second kappa shape index (κ2) is 6.45. The third-order valence-electron chi connectivity index (χ3n) is 2.60. The Labute approximate surface area is 71.7 Å². The molecule has 0 N–H and O–H groups in total. The Morgan fingerprint density at radius 1 is 1.18 bits per heavy atom. The molecule has 0 aliphatic heterocycles. The maximum absolute atomic E-state index is 2.36. The maximum Gasteiger partial charge on any atom is -0.0322 e. The molecule has 0 saturated carbocycles. The zero-order valence-electron chi connectivity index (χ0n) is 8.43. The van der Waals surface area contributed by atoms with Crippen molar-refractivity contribution in [3.05, 3.63) is 12.2 Å². The molecule has 0 aromatic heterocycles. The second-order valence-corrected chi connectivity index (χ2v) is 3.36. The Bertz CT molecular complexity index is 98.6. The Morgan fingerprint density at radius 2 is 1.73 bits per heavy atom. The van der Waals surface area contributed by atoms with Crippen molar-refractivity contribution in [2.45, 2.75) is 47.0 Å². The Kier molecular flexibility index (Phi) is 6.30. The zero-order chi connectivity index (χ0) is 8.69. The highest BCUT2D eigenvalue weighted by Crippen LogP contribution is 2.22. The van der Waals surface area contributed by atoms with Crippen LogP contribution < -0.4 is 0 Å². The fourth-order valence-corrected chi connectivity index (χ4v) is 1.64. The van der Waals surface area contributed by atoms with Crippen LogP contribution in [0.25, 0.3) is 0 Å². The van der Waals surface area contributed by atoms with Gasteiger partial charge in [-0.15, -0.1) is 0 Å². The first-order valence-electron chi connectivity index (χ1n) is 4.87. The van der Waals surface area contributed by atoms with E-state index >= 15 is 0 Å². The van der Waals surface area contributed by atoms with Crippen molar-refractivity contribution in [3.8, 4) is 0 Å². The molecule has 0 rings (SSSR count). The van der Waals surface area contributed by atoms with Crippen molar-refractivity contribution in [2.24, 2.45) is 11.8 Å². The van der Waals surface area contributed by atoms with Gasteiger partial charge in [0.25, 0.3) is 0 Å². The lowest BCUT2D eigenvalue weighted by molar-refractivity contribution is 0.339. The van der Waals surface area contributed by atoms with Crippen LogP contribution in [0.2, 0.25) is 0 Å². The van der Waals surface area contributed by atoms with Crippen molar-refractivity contribution < 1.29 is 0 Å². The van der Waals surface area contributed by atoms with Crippen molar-refractivity contribution in [3.63, 3.8) is 0 Å². The highest BCUT2D eigenvalue weighted by atomic mass is 14.2. The van der Waals surface area contributed by atoms with E-state index in [1.165, 1.54) is 19.3 Å². The van der Waals surface area contributed by atoms with Crippen molar-refractivity contribution >= 4 is 0 Å². The van der Waals surface area contributed by atoms with Gasteiger partial charge in [0.15, 0.2) is 0 Å². The molecule has 0 saturated heterocycles. The minimum Gasteiger partial charge on any atom is -0.0917 e. The molecule has 11 heavy (non-hydrogen) atoms. The molecule has 0 heteroatoms. The summed E-state index contributed by atoms with van der Waals surface area (Å²) in [5, 5.41) is 0. The van der Waals surface area contributed by atoms with Gasteiger partial charge < -0.3 is 0 Å². The summed E-state index contributed by atoms with van der Waals surface area (Å²) in [6.45, 7) is 9.04. The first kappa shape index (κ1) is 10.7. The van der Waals surface area contributed by atoms with E-state index in [1.807, 2.05) is 0 Å². The second-order valence-electron chi connectivity index (χ2n) is 3.36. The molecule has 0 aliphatic rings. The molecular formula is C11H22. The number of allylic oxidation sites excluding steroid dienone is 2. The molecule has 0 aliphatic carbocycles. The molecule has 0 aromatic carbocycles. The number of hydrogen-bond donors (Lipinski definition) is 0. The quantitative estimate of drug-likeness (QED) is 0.524. The van der Waals surface area contributed by atoms with Crippen LogP contribution in [0.4, 0.5) is 0 Å². The van der Waals surface area contributed by atoms with Crippen LogP contribution in [0.1, 0.15) is 47.0 Å². The summed E-state index contributed by atoms with van der Waals surface area (Å²) in [6, 6.07) is 0. The van der Waals surface area contributed by atoms with Gasteiger partial charge in [0.2, 0.25) is 0 Å². The van der Waals surface area contributed by atoms with E-state index < -0.39 is 0 Å². The van der Waals surface area contributed by atoms with E-state index in [9.17, 15) is 0 Å². The Morgan fingerprint density at radius 3 is 2.09 bits per heavy atom. The van der Waals surface area contributed by atoms with Crippen LogP contribution in [0.3, 0.4) is 0 Å². The highest BCUT2D eigenvalue weighted by Gasteiger charge is 2.10. The van der Waals surface area contributed by atoms with Crippen LogP contribution >= 0.6 is 0 Å². The number of hydrogen-bond acceptors (Lipinski definition) is 0. The van der Waals surface area contributed by atoms with E-state index in [-0.39, 0.29) is 0 Å². The fraction of sp³-hybridized carbons (Fsp3) is 0.818. The topological polar surface area (TPSA) is 0 Å². The van der Waals surface area contributed by atoms with Crippen LogP contribution in [0.5, 0.6) is 0 Å². The first-order chi connectivity index (χ1) is 5.26. The SMILES string of the molecule is CC=CCC(C)C(CC)CC. The van der Waals surface area contributed by atoms with Crippen LogP contribution in [0, 0.1) is 11.8 Å². The lowest BCUT2D eigenvalue weighted by atomic mass is 9.87. The summed E-state index contributed by atoms with van der Waals surface area (Å²) in [6.07, 6.45) is 8.34. The third kappa shape index (κ3) is 4.23. The lowest BCUT2D eigenvalue weighted by Crippen LogP contribution is -2.08. The molecule has 0 radical (unpaired) electrons. The zero-order valence-corrected chi connectivity index (χ0v) is 8.43. The summed E-state index contributed by atoms with van der Waals surface area (Å²) < 4.78 is 0. The van der Waals surface area contributed by atoms with E-state index in [0.717, 1.165) is 11.8 Å². The molecule has 0 nitrogen and oxygen atoms in total. The molecule has 66 valence electrons. The van der Waals surface area contributed by atoms with Crippen molar-refractivity contribution in [1.29, 1.82) is 0 Å². The standard InChI is InChI=1S/C11H22/c1-5-8-9-10(4)11(6-2)7-3/h5,8,10-11H,6-7,9H2,1-4H3. The fourth-order valence-electron chi connectivity index (χ4n) is 1.64. The van der Waals surface area contributed by atoms with Crippen LogP contribution in [-0.4, -0.2) is 0 Å². The van der Waals surface area contributed by atoms with E-state index in [2.05, 4.69) is 39.8 Å². The predicted molar refractivity (Wildman–Crippen MR) is 52.7 cm³/mol. The van der Waals surface area contributed by atoms with Gasteiger partial charge in [-0.2, -0.15) is 0 Å². The molecule has 0 heterocycles. The van der Waals surface area contributed by atoms with E-state index in [4.69, 9.17) is 0 Å². The molecule has 0 bridgehead atoms. The summed E-state index contributed by atoms with van der Waals surface area (Å²) in [4.78, 5) is 0. The maximum atomic E-state index is 2.36. The van der Waals surface area contributed by atoms with Gasteiger partial charge in [-0.25, -0.2) is 0 Å². The number of rotatable bonds is 5. The third-order valence-corrected chi connectivity index (χ3v) is 2.60. The van der Waals surface area contributed by atoms with Gasteiger partial charge in [-0.1, -0.05) is 45.8 Å². The molecule has 0 spiro atoms. The largest absolute Gasteiger partial charge is 0.0917 e. The smallest absolute Gasteiger partial charge is 0.0322 e. The Hall–Kier alpha value is -0.260. The van der Waals surface area contributed by atoms with Crippen LogP contribution in [0.15, 0.2) is 12.2 Å². The minimum atomic E-state index is 0.862. The molecule has 1 atom stereocenters. The minimum absolute atomic E-state index is 0.862. The van der Waals surface area contributed by atoms with Crippen LogP contribution in [-0.2, 0) is 0 Å². The first-order valence-corrected chi connectivity index (χ1v) is 4.87.